The largest absolute Gasteiger partial charge is 0.475 e. The SMILES string of the molecule is COC(=O)C1(Oc2ccc(Cl)cc2/C=C2/C(=O)N(C(=O)OC(C)(C)C)c3cc(Cl)ccc32)CCC1. The summed E-state index contributed by atoms with van der Waals surface area (Å²) in [6.07, 6.45) is 2.65. The van der Waals surface area contributed by atoms with Gasteiger partial charge in [0, 0.05) is 21.2 Å². The summed E-state index contributed by atoms with van der Waals surface area (Å²) in [5, 5.41) is 0.777. The van der Waals surface area contributed by atoms with Crippen LogP contribution in [0.15, 0.2) is 36.4 Å². The highest BCUT2D eigenvalue weighted by molar-refractivity contribution is 6.42. The van der Waals surface area contributed by atoms with E-state index in [0.29, 0.717) is 45.5 Å². The van der Waals surface area contributed by atoms with Crippen molar-refractivity contribution in [2.75, 3.05) is 12.0 Å². The van der Waals surface area contributed by atoms with E-state index in [1.807, 2.05) is 0 Å². The maximum atomic E-state index is 13.5. The number of carbonyl (C=O) groups is 3. The van der Waals surface area contributed by atoms with Gasteiger partial charge >= 0.3 is 12.1 Å². The molecule has 0 N–H and O–H groups in total. The molecule has 0 unspecified atom stereocenters. The molecule has 0 spiro atoms. The predicted octanol–water partition coefficient (Wildman–Crippen LogP) is 6.29. The van der Waals surface area contributed by atoms with Crippen LogP contribution in [0, 0.1) is 0 Å². The van der Waals surface area contributed by atoms with E-state index in [1.165, 1.54) is 13.2 Å². The number of hydrogen-bond donors (Lipinski definition) is 0. The normalized spacial score (nSPS) is 17.6. The van der Waals surface area contributed by atoms with E-state index in [-0.39, 0.29) is 5.57 Å². The standard InChI is InChI=1S/C26H25Cl2NO6/c1-25(2,3)35-24(32)29-20-14-17(28)6-8-18(20)19(22(29)30)13-15-12-16(27)7-9-21(15)34-26(10-5-11-26)23(31)33-4/h6-9,12-14H,5,10-11H2,1-4H3/b19-13+. The quantitative estimate of drug-likeness (QED) is 0.350. The second-order valence-electron chi connectivity index (χ2n) is 9.46. The fraction of sp³-hybridized carbons (Fsp3) is 0.346. The van der Waals surface area contributed by atoms with Crippen molar-refractivity contribution in [2.24, 2.45) is 0 Å². The molecule has 1 heterocycles. The number of nitrogens with zero attached hydrogens (tertiary/aromatic N) is 1. The van der Waals surface area contributed by atoms with Crippen LogP contribution in [-0.2, 0) is 19.1 Å². The third-order valence-corrected chi connectivity index (χ3v) is 6.27. The van der Waals surface area contributed by atoms with Gasteiger partial charge in [-0.05, 0) is 76.4 Å². The monoisotopic (exact) mass is 517 g/mol. The van der Waals surface area contributed by atoms with E-state index in [9.17, 15) is 14.4 Å². The lowest BCUT2D eigenvalue weighted by molar-refractivity contribution is -0.167. The zero-order valence-electron chi connectivity index (χ0n) is 19.8. The van der Waals surface area contributed by atoms with E-state index in [2.05, 4.69) is 0 Å². The second-order valence-corrected chi connectivity index (χ2v) is 10.3. The van der Waals surface area contributed by atoms with Crippen LogP contribution in [0.5, 0.6) is 5.75 Å². The number of fused-ring (bicyclic) bond motifs is 1. The van der Waals surface area contributed by atoms with E-state index in [1.54, 1.807) is 57.2 Å². The summed E-state index contributed by atoms with van der Waals surface area (Å²) in [6, 6.07) is 9.75. The van der Waals surface area contributed by atoms with Crippen LogP contribution in [0.1, 0.15) is 51.2 Å². The third kappa shape index (κ3) is 4.88. The minimum atomic E-state index is -1.08. The van der Waals surface area contributed by atoms with Crippen molar-refractivity contribution >= 4 is 58.5 Å². The van der Waals surface area contributed by atoms with Crippen LogP contribution < -0.4 is 9.64 Å². The average Bonchev–Trinajstić information content (AvgIpc) is 3.01. The van der Waals surface area contributed by atoms with Crippen LogP contribution in [0.2, 0.25) is 10.0 Å². The van der Waals surface area contributed by atoms with Gasteiger partial charge in [-0.2, -0.15) is 0 Å². The zero-order chi connectivity index (χ0) is 25.5. The number of rotatable bonds is 4. The number of esters is 1. The Morgan fingerprint density at radius 1 is 1.06 bits per heavy atom. The van der Waals surface area contributed by atoms with Crippen molar-refractivity contribution < 1.29 is 28.6 Å². The highest BCUT2D eigenvalue weighted by Crippen LogP contribution is 2.43. The molecule has 2 aromatic carbocycles. The Bertz CT molecular complexity index is 1240. The Balaban J connectivity index is 1.79. The van der Waals surface area contributed by atoms with Crippen LogP contribution in [0.25, 0.3) is 11.6 Å². The number of methoxy groups -OCH3 is 1. The smallest absolute Gasteiger partial charge is 0.422 e. The second kappa shape index (κ2) is 9.21. The van der Waals surface area contributed by atoms with Crippen molar-refractivity contribution in [3.05, 3.63) is 57.6 Å². The molecule has 2 aromatic rings. The summed E-state index contributed by atoms with van der Waals surface area (Å²) >= 11 is 12.4. The topological polar surface area (TPSA) is 82.1 Å². The van der Waals surface area contributed by atoms with Gasteiger partial charge in [-0.25, -0.2) is 14.5 Å². The van der Waals surface area contributed by atoms with Gasteiger partial charge in [-0.15, -0.1) is 0 Å². The summed E-state index contributed by atoms with van der Waals surface area (Å²) in [5.41, 5.74) is -0.358. The number of benzene rings is 2. The maximum Gasteiger partial charge on any atom is 0.422 e. The molecular weight excluding hydrogens is 493 g/mol. The molecule has 0 saturated heterocycles. The van der Waals surface area contributed by atoms with E-state index in [0.717, 1.165) is 11.3 Å². The molecule has 1 fully saturated rings. The molecule has 2 aliphatic rings. The van der Waals surface area contributed by atoms with Crippen molar-refractivity contribution in [3.63, 3.8) is 0 Å². The van der Waals surface area contributed by atoms with Gasteiger partial charge in [0.15, 0.2) is 0 Å². The van der Waals surface area contributed by atoms with Crippen molar-refractivity contribution in [1.29, 1.82) is 0 Å². The third-order valence-electron chi connectivity index (χ3n) is 5.80. The summed E-state index contributed by atoms with van der Waals surface area (Å²) < 4.78 is 16.6. The van der Waals surface area contributed by atoms with Gasteiger partial charge < -0.3 is 14.2 Å². The van der Waals surface area contributed by atoms with E-state index in [4.69, 9.17) is 37.4 Å². The highest BCUT2D eigenvalue weighted by atomic mass is 35.5. The fourth-order valence-corrected chi connectivity index (χ4v) is 4.36. The summed E-state index contributed by atoms with van der Waals surface area (Å²) in [5.74, 6) is -0.662. The number of imide groups is 1. The molecule has 0 aromatic heterocycles. The first-order valence-corrected chi connectivity index (χ1v) is 11.9. The Kier molecular flexibility index (Phi) is 6.60. The van der Waals surface area contributed by atoms with Crippen LogP contribution in [-0.4, -0.2) is 36.3 Å². The summed E-state index contributed by atoms with van der Waals surface area (Å²) in [4.78, 5) is 39.8. The molecular formula is C26H25Cl2NO6. The zero-order valence-corrected chi connectivity index (χ0v) is 21.3. The fourth-order valence-electron chi connectivity index (χ4n) is 4.01. The maximum absolute atomic E-state index is 13.5. The molecule has 7 nitrogen and oxygen atoms in total. The molecule has 1 aliphatic carbocycles. The number of carbonyl (C=O) groups excluding carboxylic acids is 3. The molecule has 35 heavy (non-hydrogen) atoms. The molecule has 0 atom stereocenters. The number of amides is 2. The molecule has 2 amide bonds. The number of ether oxygens (including phenoxy) is 3. The predicted molar refractivity (Wildman–Crippen MR) is 134 cm³/mol. The summed E-state index contributed by atoms with van der Waals surface area (Å²) in [7, 11) is 1.32. The molecule has 184 valence electrons. The summed E-state index contributed by atoms with van der Waals surface area (Å²) in [6.45, 7) is 5.15. The van der Waals surface area contributed by atoms with Gasteiger partial charge in [-0.1, -0.05) is 29.3 Å². The van der Waals surface area contributed by atoms with Gasteiger partial charge in [0.1, 0.15) is 11.4 Å². The molecule has 1 saturated carbocycles. The van der Waals surface area contributed by atoms with Gasteiger partial charge in [0.25, 0.3) is 5.91 Å². The highest BCUT2D eigenvalue weighted by Gasteiger charge is 2.48. The Morgan fingerprint density at radius 3 is 2.31 bits per heavy atom. The Morgan fingerprint density at radius 2 is 1.71 bits per heavy atom. The number of hydrogen-bond acceptors (Lipinski definition) is 6. The minimum absolute atomic E-state index is 0.232. The number of anilines is 1. The van der Waals surface area contributed by atoms with Gasteiger partial charge in [-0.3, -0.25) is 4.79 Å². The molecule has 0 radical (unpaired) electrons. The van der Waals surface area contributed by atoms with Crippen LogP contribution in [0.3, 0.4) is 0 Å². The van der Waals surface area contributed by atoms with E-state index < -0.39 is 29.2 Å². The first kappa shape index (κ1) is 25.1. The van der Waals surface area contributed by atoms with E-state index >= 15 is 0 Å². The molecule has 1 aliphatic heterocycles. The van der Waals surface area contributed by atoms with Crippen molar-refractivity contribution in [3.8, 4) is 5.75 Å². The molecule has 4 rings (SSSR count). The lowest BCUT2D eigenvalue weighted by Crippen LogP contribution is -2.51. The van der Waals surface area contributed by atoms with Gasteiger partial charge in [0.05, 0.1) is 18.4 Å². The Hall–Kier alpha value is -3.03. The first-order valence-electron chi connectivity index (χ1n) is 11.1. The van der Waals surface area contributed by atoms with Crippen LogP contribution >= 0.6 is 23.2 Å². The van der Waals surface area contributed by atoms with Gasteiger partial charge in [0.2, 0.25) is 5.60 Å². The average molecular weight is 518 g/mol. The molecule has 0 bridgehead atoms. The lowest BCUT2D eigenvalue weighted by Gasteiger charge is -2.39. The minimum Gasteiger partial charge on any atom is -0.475 e. The van der Waals surface area contributed by atoms with Crippen molar-refractivity contribution in [1.82, 2.24) is 0 Å². The van der Waals surface area contributed by atoms with Crippen molar-refractivity contribution in [2.45, 2.75) is 51.2 Å². The number of halogens is 2. The Labute approximate surface area is 213 Å². The molecule has 9 heteroatoms. The first-order chi connectivity index (χ1) is 16.4. The lowest BCUT2D eigenvalue weighted by atomic mass is 9.80. The van der Waals surface area contributed by atoms with Crippen LogP contribution in [0.4, 0.5) is 10.5 Å².